The van der Waals surface area contributed by atoms with Crippen LogP contribution in [0.15, 0.2) is 30.7 Å². The summed E-state index contributed by atoms with van der Waals surface area (Å²) in [6, 6.07) is 4.95. The third kappa shape index (κ3) is 2.69. The SMILES string of the molecule is COc1cc(/C(N)=C(\C#N)c2cnccn2)cc(N)c1O. The molecule has 0 amide bonds. The first-order valence-electron chi connectivity index (χ1n) is 5.91. The Labute approximate surface area is 121 Å². The minimum Gasteiger partial charge on any atom is -0.503 e. The largest absolute Gasteiger partial charge is 0.503 e. The molecule has 0 spiro atoms. The summed E-state index contributed by atoms with van der Waals surface area (Å²) in [6.07, 6.45) is 4.40. The van der Waals surface area contributed by atoms with Crippen molar-refractivity contribution < 1.29 is 9.84 Å². The van der Waals surface area contributed by atoms with Gasteiger partial charge in [0.25, 0.3) is 0 Å². The number of ether oxygens (including phenoxy) is 1. The number of anilines is 1. The van der Waals surface area contributed by atoms with Crippen molar-refractivity contribution >= 4 is 17.0 Å². The number of phenolic OH excluding ortho intramolecular Hbond substituents is 1. The summed E-state index contributed by atoms with van der Waals surface area (Å²) in [5, 5.41) is 19.0. The van der Waals surface area contributed by atoms with E-state index >= 15 is 0 Å². The highest BCUT2D eigenvalue weighted by Crippen LogP contribution is 2.35. The number of aromatic hydroxyl groups is 1. The van der Waals surface area contributed by atoms with Gasteiger partial charge in [-0.15, -0.1) is 0 Å². The van der Waals surface area contributed by atoms with Crippen LogP contribution in [0.25, 0.3) is 11.3 Å². The van der Waals surface area contributed by atoms with Gasteiger partial charge in [0.1, 0.15) is 17.3 Å². The van der Waals surface area contributed by atoms with Crippen molar-refractivity contribution in [2.75, 3.05) is 12.8 Å². The predicted octanol–water partition coefficient (Wildman–Crippen LogP) is 1.12. The van der Waals surface area contributed by atoms with Crippen molar-refractivity contribution in [3.63, 3.8) is 0 Å². The lowest BCUT2D eigenvalue weighted by atomic mass is 10.0. The van der Waals surface area contributed by atoms with Crippen LogP contribution in [0, 0.1) is 11.3 Å². The molecule has 0 bridgehead atoms. The Balaban J connectivity index is 2.62. The molecule has 0 atom stereocenters. The lowest BCUT2D eigenvalue weighted by Gasteiger charge is -2.11. The molecule has 5 N–H and O–H groups in total. The number of allylic oxidation sites excluding steroid dienone is 1. The normalized spacial score (nSPS) is 11.4. The van der Waals surface area contributed by atoms with Gasteiger partial charge in [-0.1, -0.05) is 0 Å². The zero-order chi connectivity index (χ0) is 15.4. The molecule has 0 fully saturated rings. The highest BCUT2D eigenvalue weighted by atomic mass is 16.5. The van der Waals surface area contributed by atoms with E-state index in [2.05, 4.69) is 9.97 Å². The van der Waals surface area contributed by atoms with Crippen molar-refractivity contribution in [2.24, 2.45) is 5.73 Å². The maximum Gasteiger partial charge on any atom is 0.181 e. The molecule has 0 saturated heterocycles. The summed E-state index contributed by atoms with van der Waals surface area (Å²) >= 11 is 0. The smallest absolute Gasteiger partial charge is 0.181 e. The van der Waals surface area contributed by atoms with E-state index in [0.29, 0.717) is 11.3 Å². The lowest BCUT2D eigenvalue weighted by molar-refractivity contribution is 0.374. The van der Waals surface area contributed by atoms with Gasteiger partial charge in [0.15, 0.2) is 11.5 Å². The first-order valence-corrected chi connectivity index (χ1v) is 5.91. The second-order valence-electron chi connectivity index (χ2n) is 4.11. The zero-order valence-electron chi connectivity index (χ0n) is 11.2. The number of aromatic nitrogens is 2. The molecule has 0 radical (unpaired) electrons. The van der Waals surface area contributed by atoms with Gasteiger partial charge < -0.3 is 21.3 Å². The highest BCUT2D eigenvalue weighted by Gasteiger charge is 2.14. The molecule has 0 aliphatic heterocycles. The van der Waals surface area contributed by atoms with Crippen molar-refractivity contribution in [3.05, 3.63) is 42.0 Å². The van der Waals surface area contributed by atoms with E-state index in [1.807, 2.05) is 6.07 Å². The topological polar surface area (TPSA) is 131 Å². The van der Waals surface area contributed by atoms with Crippen LogP contribution < -0.4 is 16.2 Å². The van der Waals surface area contributed by atoms with E-state index in [-0.39, 0.29) is 28.5 Å². The molecular formula is C14H13N5O2. The van der Waals surface area contributed by atoms with Gasteiger partial charge in [-0.25, -0.2) is 0 Å². The minimum absolute atomic E-state index is 0.101. The van der Waals surface area contributed by atoms with Crippen LogP contribution in [0.5, 0.6) is 11.5 Å². The third-order valence-electron chi connectivity index (χ3n) is 2.84. The standard InChI is InChI=1S/C14H13N5O2/c1-21-12-5-8(4-10(16)14(12)20)13(17)9(6-15)11-7-18-2-3-19-11/h2-5,7,20H,16-17H2,1H3/b13-9-. The van der Waals surface area contributed by atoms with E-state index in [9.17, 15) is 10.4 Å². The lowest BCUT2D eigenvalue weighted by Crippen LogP contribution is -2.03. The molecule has 2 aromatic rings. The van der Waals surface area contributed by atoms with Crippen molar-refractivity contribution in [2.45, 2.75) is 0 Å². The van der Waals surface area contributed by atoms with E-state index in [0.717, 1.165) is 0 Å². The summed E-state index contributed by atoms with van der Waals surface area (Å²) in [5.74, 6) is -0.00329. The van der Waals surface area contributed by atoms with Crippen LogP contribution in [0.3, 0.4) is 0 Å². The number of phenols is 1. The van der Waals surface area contributed by atoms with Crippen LogP contribution in [-0.2, 0) is 0 Å². The maximum absolute atomic E-state index is 9.72. The number of rotatable bonds is 3. The Morgan fingerprint density at radius 3 is 2.71 bits per heavy atom. The Hall–Kier alpha value is -3.27. The number of hydrogen-bond donors (Lipinski definition) is 3. The number of methoxy groups -OCH3 is 1. The van der Waals surface area contributed by atoms with Crippen LogP contribution in [0.2, 0.25) is 0 Å². The van der Waals surface area contributed by atoms with E-state index in [1.165, 1.54) is 37.8 Å². The van der Waals surface area contributed by atoms with E-state index < -0.39 is 0 Å². The number of nitrogens with zero attached hydrogens (tertiary/aromatic N) is 3. The molecule has 2 rings (SSSR count). The summed E-state index contributed by atoms with van der Waals surface area (Å²) in [4.78, 5) is 7.95. The maximum atomic E-state index is 9.72. The number of benzene rings is 1. The molecule has 1 aromatic carbocycles. The Bertz CT molecular complexity index is 735. The molecule has 7 heteroatoms. The van der Waals surface area contributed by atoms with E-state index in [1.54, 1.807) is 0 Å². The molecule has 106 valence electrons. The van der Waals surface area contributed by atoms with Gasteiger partial charge in [0.05, 0.1) is 24.7 Å². The first kappa shape index (κ1) is 14.1. The fourth-order valence-corrected chi connectivity index (χ4v) is 1.77. The van der Waals surface area contributed by atoms with E-state index in [4.69, 9.17) is 16.2 Å². The van der Waals surface area contributed by atoms with Crippen molar-refractivity contribution in [1.82, 2.24) is 9.97 Å². The van der Waals surface area contributed by atoms with Crippen molar-refractivity contribution in [1.29, 1.82) is 5.26 Å². The molecule has 0 aliphatic carbocycles. The summed E-state index contributed by atoms with van der Waals surface area (Å²) in [5.41, 5.74) is 12.9. The molecule has 0 saturated carbocycles. The van der Waals surface area contributed by atoms with Gasteiger partial charge in [0.2, 0.25) is 0 Å². The average Bonchev–Trinajstić information content (AvgIpc) is 2.51. The predicted molar refractivity (Wildman–Crippen MR) is 77.7 cm³/mol. The highest BCUT2D eigenvalue weighted by molar-refractivity contribution is 5.95. The van der Waals surface area contributed by atoms with Gasteiger partial charge in [0, 0.05) is 18.0 Å². The molecule has 1 aromatic heterocycles. The van der Waals surface area contributed by atoms with Gasteiger partial charge in [-0.2, -0.15) is 5.26 Å². The quantitative estimate of drug-likeness (QED) is 0.437. The van der Waals surface area contributed by atoms with Crippen LogP contribution in [-0.4, -0.2) is 22.2 Å². The number of hydrogen-bond acceptors (Lipinski definition) is 7. The Morgan fingerprint density at radius 1 is 1.38 bits per heavy atom. The number of nitrogens with two attached hydrogens (primary N) is 2. The fraction of sp³-hybridized carbons (Fsp3) is 0.0714. The summed E-state index contributed by atoms with van der Waals surface area (Å²) < 4.78 is 5.02. The monoisotopic (exact) mass is 283 g/mol. The molecule has 7 nitrogen and oxygen atoms in total. The van der Waals surface area contributed by atoms with Crippen LogP contribution >= 0.6 is 0 Å². The van der Waals surface area contributed by atoms with Gasteiger partial charge in [-0.3, -0.25) is 9.97 Å². The second kappa shape index (κ2) is 5.79. The van der Waals surface area contributed by atoms with Crippen LogP contribution in [0.1, 0.15) is 11.3 Å². The van der Waals surface area contributed by atoms with Gasteiger partial charge in [-0.05, 0) is 12.1 Å². The number of nitrogen functional groups attached to an aromatic ring is 1. The Morgan fingerprint density at radius 2 is 2.14 bits per heavy atom. The first-order chi connectivity index (χ1) is 10.1. The fourth-order valence-electron chi connectivity index (χ4n) is 1.77. The molecule has 21 heavy (non-hydrogen) atoms. The molecule has 1 heterocycles. The van der Waals surface area contributed by atoms with Crippen molar-refractivity contribution in [3.8, 4) is 17.6 Å². The third-order valence-corrected chi connectivity index (χ3v) is 2.84. The summed E-state index contributed by atoms with van der Waals surface area (Å²) in [6.45, 7) is 0. The molecule has 0 aliphatic rings. The minimum atomic E-state index is -0.174. The Kier molecular flexibility index (Phi) is 3.90. The van der Waals surface area contributed by atoms with Crippen LogP contribution in [0.4, 0.5) is 5.69 Å². The van der Waals surface area contributed by atoms with Gasteiger partial charge >= 0.3 is 0 Å². The zero-order valence-corrected chi connectivity index (χ0v) is 11.2. The summed E-state index contributed by atoms with van der Waals surface area (Å²) in [7, 11) is 1.39. The second-order valence-corrected chi connectivity index (χ2v) is 4.11. The molecular weight excluding hydrogens is 270 g/mol. The average molecular weight is 283 g/mol. The molecule has 0 unspecified atom stereocenters. The number of nitriles is 1.